The van der Waals surface area contributed by atoms with E-state index in [1.165, 1.54) is 110 Å². The minimum atomic E-state index is -0.450. The molecule has 320 valence electrons. The minimum absolute atomic E-state index is 0.450. The number of hydrogen-bond acceptors (Lipinski definition) is 1. The van der Waals surface area contributed by atoms with Gasteiger partial charge in [0, 0.05) is 33.4 Å². The molecule has 0 amide bonds. The zero-order chi connectivity index (χ0) is 45.2. The number of hydrogen-bond donors (Lipinski definition) is 0. The average molecular weight is 875 g/mol. The Kier molecular flexibility index (Phi) is 8.02. The summed E-state index contributed by atoms with van der Waals surface area (Å²) < 4.78 is 2.38. The summed E-state index contributed by atoms with van der Waals surface area (Å²) in [4.78, 5) is 2.51. The summed E-state index contributed by atoms with van der Waals surface area (Å²) >= 11 is 0. The first-order chi connectivity index (χ1) is 34.3. The predicted octanol–water partition coefficient (Wildman–Crippen LogP) is 17.7. The number of para-hydroxylation sites is 2. The molecule has 1 aromatic heterocycles. The van der Waals surface area contributed by atoms with Crippen LogP contribution in [0.3, 0.4) is 0 Å². The molecule has 0 bridgehead atoms. The molecule has 0 radical (unpaired) electrons. The van der Waals surface area contributed by atoms with Gasteiger partial charge >= 0.3 is 0 Å². The first-order valence-corrected chi connectivity index (χ1v) is 24.0. The van der Waals surface area contributed by atoms with Gasteiger partial charge in [-0.3, -0.25) is 0 Å². The van der Waals surface area contributed by atoms with Gasteiger partial charge in [0.2, 0.25) is 0 Å². The van der Waals surface area contributed by atoms with Crippen molar-refractivity contribution in [3.8, 4) is 39.1 Å². The van der Waals surface area contributed by atoms with Crippen molar-refractivity contribution in [1.29, 1.82) is 0 Å². The van der Waals surface area contributed by atoms with Crippen molar-refractivity contribution in [2.75, 3.05) is 4.90 Å². The fourth-order valence-corrected chi connectivity index (χ4v) is 12.6. The van der Waals surface area contributed by atoms with Crippen molar-refractivity contribution >= 4 is 71.2 Å². The summed E-state index contributed by atoms with van der Waals surface area (Å²) in [5.74, 6) is 0. The Balaban J connectivity index is 0.931. The Morgan fingerprint density at radius 2 is 0.710 bits per heavy atom. The maximum Gasteiger partial charge on any atom is 0.0726 e. The summed E-state index contributed by atoms with van der Waals surface area (Å²) in [6.45, 7) is 0. The van der Waals surface area contributed by atoms with Gasteiger partial charge in [0.25, 0.3) is 0 Å². The van der Waals surface area contributed by atoms with Crippen LogP contribution < -0.4 is 4.90 Å². The third-order valence-corrected chi connectivity index (χ3v) is 15.4. The molecule has 13 aromatic rings. The van der Waals surface area contributed by atoms with E-state index in [1.54, 1.807) is 0 Å². The Morgan fingerprint density at radius 1 is 0.290 bits per heavy atom. The number of nitrogens with zero attached hydrogens (tertiary/aromatic N) is 2. The fourth-order valence-electron chi connectivity index (χ4n) is 12.6. The monoisotopic (exact) mass is 874 g/mol. The number of aromatic nitrogens is 1. The molecular formula is C67H42N2. The Bertz CT molecular complexity index is 4120. The van der Waals surface area contributed by atoms with E-state index >= 15 is 0 Å². The zero-order valence-electron chi connectivity index (χ0n) is 37.6. The molecule has 2 nitrogen and oxygen atoms in total. The highest BCUT2D eigenvalue weighted by Crippen LogP contribution is 2.64. The SMILES string of the molecule is c1ccc2c(c1)-c1ccccc1C21c2ccccc2-c2c(N(c3ccc(-c4ccc(-n5c6ccccc6c6ccccc65)cc4)cc3)c3ccc4c5ccccc5c5ccccc5c4c3)cccc21. The van der Waals surface area contributed by atoms with Crippen LogP contribution >= 0.6 is 0 Å². The summed E-state index contributed by atoms with van der Waals surface area (Å²) in [6.07, 6.45) is 0. The molecule has 1 spiro atoms. The molecule has 0 saturated carbocycles. The fraction of sp³-hybridized carbons (Fsp3) is 0.0149. The summed E-state index contributed by atoms with van der Waals surface area (Å²) in [5, 5.41) is 10.1. The number of rotatable bonds is 5. The van der Waals surface area contributed by atoms with Gasteiger partial charge in [-0.2, -0.15) is 0 Å². The molecule has 12 aromatic carbocycles. The van der Waals surface area contributed by atoms with Gasteiger partial charge in [-0.05, 0) is 137 Å². The van der Waals surface area contributed by atoms with Gasteiger partial charge in [-0.15, -0.1) is 0 Å². The van der Waals surface area contributed by atoms with Crippen LogP contribution in [0.2, 0.25) is 0 Å². The van der Waals surface area contributed by atoms with E-state index in [0.29, 0.717) is 0 Å². The van der Waals surface area contributed by atoms with Crippen LogP contribution in [0.5, 0.6) is 0 Å². The van der Waals surface area contributed by atoms with Crippen LogP contribution in [0.4, 0.5) is 17.1 Å². The van der Waals surface area contributed by atoms with Gasteiger partial charge < -0.3 is 9.47 Å². The van der Waals surface area contributed by atoms with Crippen LogP contribution in [-0.2, 0) is 5.41 Å². The van der Waals surface area contributed by atoms with Crippen molar-refractivity contribution < 1.29 is 0 Å². The highest BCUT2D eigenvalue weighted by atomic mass is 15.1. The Morgan fingerprint density at radius 3 is 1.29 bits per heavy atom. The normalized spacial score (nSPS) is 13.0. The van der Waals surface area contributed by atoms with Crippen molar-refractivity contribution in [3.63, 3.8) is 0 Å². The molecule has 0 unspecified atom stereocenters. The van der Waals surface area contributed by atoms with Crippen LogP contribution in [0.15, 0.2) is 255 Å². The Labute approximate surface area is 400 Å². The van der Waals surface area contributed by atoms with Gasteiger partial charge in [0.1, 0.15) is 0 Å². The number of benzene rings is 12. The lowest BCUT2D eigenvalue weighted by Crippen LogP contribution is -2.26. The van der Waals surface area contributed by atoms with Crippen molar-refractivity contribution in [1.82, 2.24) is 4.57 Å². The Hall–Kier alpha value is -8.98. The van der Waals surface area contributed by atoms with Crippen molar-refractivity contribution in [3.05, 3.63) is 277 Å². The van der Waals surface area contributed by atoms with E-state index in [0.717, 1.165) is 22.7 Å². The van der Waals surface area contributed by atoms with E-state index in [-0.39, 0.29) is 0 Å². The summed E-state index contributed by atoms with van der Waals surface area (Å²) in [6, 6.07) is 94.9. The molecule has 69 heavy (non-hydrogen) atoms. The molecule has 0 aliphatic heterocycles. The average Bonchev–Trinajstić information content (AvgIpc) is 4.04. The van der Waals surface area contributed by atoms with Gasteiger partial charge in [-0.25, -0.2) is 0 Å². The molecular weight excluding hydrogens is 833 g/mol. The van der Waals surface area contributed by atoms with Gasteiger partial charge in [-0.1, -0.05) is 200 Å². The lowest BCUT2D eigenvalue weighted by molar-refractivity contribution is 0.794. The lowest BCUT2D eigenvalue weighted by atomic mass is 9.70. The molecule has 2 heteroatoms. The largest absolute Gasteiger partial charge is 0.310 e. The molecule has 1 heterocycles. The number of fused-ring (bicyclic) bond motifs is 19. The first-order valence-electron chi connectivity index (χ1n) is 24.0. The maximum absolute atomic E-state index is 2.51. The number of anilines is 3. The summed E-state index contributed by atoms with van der Waals surface area (Å²) in [5.41, 5.74) is 19.4. The minimum Gasteiger partial charge on any atom is -0.310 e. The second-order valence-corrected chi connectivity index (χ2v) is 18.7. The molecule has 0 fully saturated rings. The second kappa shape index (κ2) is 14.5. The topological polar surface area (TPSA) is 8.17 Å². The first kappa shape index (κ1) is 38.2. The highest BCUT2D eigenvalue weighted by Gasteiger charge is 2.52. The maximum atomic E-state index is 2.51. The van der Waals surface area contributed by atoms with E-state index in [9.17, 15) is 0 Å². The van der Waals surface area contributed by atoms with E-state index in [4.69, 9.17) is 0 Å². The standard InChI is InChI=1S/C67H42N2/c1-2-18-50-48(16-1)49-17-3-4-19-51(49)58-42-47(40-41-52(50)58)68(45-36-32-43(33-37-45)44-34-38-46(39-35-44)69-63-29-13-8-22-55(63)56-23-9-14-30-64(56)69)65-31-15-28-62-66(65)57-24-7-12-27-61(57)67(62)59-25-10-5-20-53(59)54-21-6-11-26-60(54)67/h1-42H. The van der Waals surface area contributed by atoms with Gasteiger partial charge in [0.15, 0.2) is 0 Å². The van der Waals surface area contributed by atoms with Crippen LogP contribution in [0, 0.1) is 0 Å². The van der Waals surface area contributed by atoms with Crippen LogP contribution in [0.25, 0.3) is 93.2 Å². The highest BCUT2D eigenvalue weighted by molar-refractivity contribution is 6.26. The molecule has 15 rings (SSSR count). The van der Waals surface area contributed by atoms with E-state index < -0.39 is 5.41 Å². The molecule has 0 atom stereocenters. The molecule has 0 saturated heterocycles. The van der Waals surface area contributed by atoms with Gasteiger partial charge in [0.05, 0.1) is 22.1 Å². The van der Waals surface area contributed by atoms with Crippen molar-refractivity contribution in [2.24, 2.45) is 0 Å². The molecule has 0 N–H and O–H groups in total. The second-order valence-electron chi connectivity index (χ2n) is 18.7. The third kappa shape index (κ3) is 5.26. The molecule has 2 aliphatic rings. The quantitative estimate of drug-likeness (QED) is 0.156. The van der Waals surface area contributed by atoms with Crippen molar-refractivity contribution in [2.45, 2.75) is 5.41 Å². The molecule has 2 aliphatic carbocycles. The summed E-state index contributed by atoms with van der Waals surface area (Å²) in [7, 11) is 0. The van der Waals surface area contributed by atoms with E-state index in [1.807, 2.05) is 0 Å². The zero-order valence-corrected chi connectivity index (χ0v) is 37.6. The predicted molar refractivity (Wildman–Crippen MR) is 290 cm³/mol. The van der Waals surface area contributed by atoms with Crippen LogP contribution in [-0.4, -0.2) is 4.57 Å². The smallest absolute Gasteiger partial charge is 0.0726 e. The lowest BCUT2D eigenvalue weighted by Gasteiger charge is -2.32. The van der Waals surface area contributed by atoms with Crippen LogP contribution in [0.1, 0.15) is 22.3 Å². The van der Waals surface area contributed by atoms with E-state index in [2.05, 4.69) is 264 Å². The third-order valence-electron chi connectivity index (χ3n) is 15.4.